The van der Waals surface area contributed by atoms with Gasteiger partial charge in [0, 0.05) is 23.0 Å². The van der Waals surface area contributed by atoms with Crippen molar-refractivity contribution in [2.75, 3.05) is 17.7 Å². The van der Waals surface area contributed by atoms with E-state index in [9.17, 15) is 9.18 Å². The van der Waals surface area contributed by atoms with Gasteiger partial charge in [0.2, 0.25) is 5.88 Å². The molecule has 0 fully saturated rings. The number of hydrogen-bond donors (Lipinski definition) is 2. The van der Waals surface area contributed by atoms with E-state index in [0.29, 0.717) is 22.9 Å². The molecule has 3 aromatic rings. The molecule has 0 spiro atoms. The number of nitrogens with one attached hydrogen (secondary N) is 2. The zero-order valence-corrected chi connectivity index (χ0v) is 13.4. The number of amides is 2. The highest BCUT2D eigenvalue weighted by atomic mass is 19.1. The molecule has 0 aliphatic carbocycles. The third-order valence-electron chi connectivity index (χ3n) is 3.37. The molecule has 0 aliphatic rings. The first-order chi connectivity index (χ1) is 12.1. The van der Waals surface area contributed by atoms with E-state index in [0.717, 1.165) is 5.56 Å². The van der Waals surface area contributed by atoms with Gasteiger partial charge in [-0.1, -0.05) is 18.2 Å². The Labute approximate surface area is 143 Å². The van der Waals surface area contributed by atoms with Gasteiger partial charge < -0.3 is 15.4 Å². The summed E-state index contributed by atoms with van der Waals surface area (Å²) >= 11 is 0. The molecule has 1 aromatic heterocycles. The van der Waals surface area contributed by atoms with Crippen LogP contribution in [0.5, 0.6) is 5.88 Å². The van der Waals surface area contributed by atoms with Crippen molar-refractivity contribution < 1.29 is 13.9 Å². The minimum Gasteiger partial charge on any atom is -0.480 e. The predicted molar refractivity (Wildman–Crippen MR) is 93.1 cm³/mol. The number of methoxy groups -OCH3 is 1. The molecule has 7 heteroatoms. The Bertz CT molecular complexity index is 867. The first kappa shape index (κ1) is 16.4. The number of urea groups is 1. The summed E-state index contributed by atoms with van der Waals surface area (Å²) in [6.07, 6.45) is 0. The topological polar surface area (TPSA) is 76.1 Å². The highest BCUT2D eigenvalue weighted by molar-refractivity contribution is 5.99. The van der Waals surface area contributed by atoms with Crippen LogP contribution in [0.3, 0.4) is 0 Å². The van der Waals surface area contributed by atoms with Gasteiger partial charge in [-0.3, -0.25) is 0 Å². The van der Waals surface area contributed by atoms with Gasteiger partial charge in [-0.05, 0) is 36.4 Å². The van der Waals surface area contributed by atoms with Crippen LogP contribution in [0, 0.1) is 5.82 Å². The average molecular weight is 338 g/mol. The number of ether oxygens (including phenoxy) is 1. The Morgan fingerprint density at radius 2 is 1.72 bits per heavy atom. The van der Waals surface area contributed by atoms with Crippen LogP contribution in [-0.4, -0.2) is 23.3 Å². The van der Waals surface area contributed by atoms with E-state index in [1.54, 1.807) is 30.3 Å². The number of rotatable bonds is 4. The van der Waals surface area contributed by atoms with Crippen molar-refractivity contribution in [1.29, 1.82) is 0 Å². The number of hydrogen-bond acceptors (Lipinski definition) is 4. The largest absolute Gasteiger partial charge is 0.480 e. The number of anilines is 2. The van der Waals surface area contributed by atoms with E-state index in [-0.39, 0.29) is 0 Å². The summed E-state index contributed by atoms with van der Waals surface area (Å²) in [6, 6.07) is 15.9. The molecule has 0 saturated carbocycles. The van der Waals surface area contributed by atoms with Crippen molar-refractivity contribution >= 4 is 17.4 Å². The van der Waals surface area contributed by atoms with Gasteiger partial charge in [-0.25, -0.2) is 9.18 Å². The lowest BCUT2D eigenvalue weighted by Crippen LogP contribution is -2.19. The number of carbonyl (C=O) groups excluding carboxylic acids is 1. The molecule has 3 rings (SSSR count). The Kier molecular flexibility index (Phi) is 4.84. The number of aromatic nitrogens is 2. The number of carbonyl (C=O) groups is 1. The molecule has 0 bridgehead atoms. The second-order valence-corrected chi connectivity index (χ2v) is 5.13. The molecule has 0 atom stereocenters. The minimum absolute atomic E-state index is 0.377. The van der Waals surface area contributed by atoms with Gasteiger partial charge in [-0.15, -0.1) is 10.2 Å². The zero-order chi connectivity index (χ0) is 17.6. The maximum atomic E-state index is 13.1. The van der Waals surface area contributed by atoms with E-state index in [1.165, 1.54) is 25.3 Å². The molecule has 1 heterocycles. The molecule has 0 unspecified atom stereocenters. The first-order valence-corrected chi connectivity index (χ1v) is 7.46. The minimum atomic E-state index is -0.456. The number of halogens is 1. The molecule has 2 aromatic carbocycles. The van der Waals surface area contributed by atoms with Gasteiger partial charge in [0.25, 0.3) is 0 Å². The predicted octanol–water partition coefficient (Wildman–Crippen LogP) is 3.94. The van der Waals surface area contributed by atoms with Gasteiger partial charge in [-0.2, -0.15) is 0 Å². The smallest absolute Gasteiger partial charge is 0.323 e. The van der Waals surface area contributed by atoms with Crippen LogP contribution < -0.4 is 15.4 Å². The number of benzene rings is 2. The fourth-order valence-electron chi connectivity index (χ4n) is 2.17. The Morgan fingerprint density at radius 3 is 2.36 bits per heavy atom. The fourth-order valence-corrected chi connectivity index (χ4v) is 2.17. The molecule has 0 aliphatic heterocycles. The lowest BCUT2D eigenvalue weighted by atomic mass is 10.1. The molecule has 2 amide bonds. The van der Waals surface area contributed by atoms with Crippen LogP contribution in [0.4, 0.5) is 20.6 Å². The van der Waals surface area contributed by atoms with E-state index in [1.807, 2.05) is 12.1 Å². The van der Waals surface area contributed by atoms with Crippen LogP contribution in [0.15, 0.2) is 60.7 Å². The molecule has 2 N–H and O–H groups in total. The SMILES string of the molecule is COc1ccc(-c2ccc(NC(=O)Nc3cccc(F)c3)cc2)nn1. The normalized spacial score (nSPS) is 10.2. The second-order valence-electron chi connectivity index (χ2n) is 5.13. The summed E-state index contributed by atoms with van der Waals surface area (Å²) in [5.74, 6) is 0.0267. The summed E-state index contributed by atoms with van der Waals surface area (Å²) in [6.45, 7) is 0. The van der Waals surface area contributed by atoms with Gasteiger partial charge in [0.1, 0.15) is 5.82 Å². The molecular weight excluding hydrogens is 323 g/mol. The lowest BCUT2D eigenvalue weighted by Gasteiger charge is -2.08. The van der Waals surface area contributed by atoms with Crippen molar-refractivity contribution in [2.45, 2.75) is 0 Å². The highest BCUT2D eigenvalue weighted by Crippen LogP contribution is 2.20. The van der Waals surface area contributed by atoms with Crippen molar-refractivity contribution in [3.8, 4) is 17.1 Å². The quantitative estimate of drug-likeness (QED) is 0.755. The van der Waals surface area contributed by atoms with Crippen LogP contribution in [0.25, 0.3) is 11.3 Å². The Morgan fingerprint density at radius 1 is 0.960 bits per heavy atom. The molecule has 0 saturated heterocycles. The molecule has 0 radical (unpaired) electrons. The summed E-state index contributed by atoms with van der Waals surface area (Å²) in [5.41, 5.74) is 2.52. The summed E-state index contributed by atoms with van der Waals surface area (Å²) < 4.78 is 18.1. The maximum absolute atomic E-state index is 13.1. The standard InChI is InChI=1S/C18H15FN4O2/c1-25-17-10-9-16(22-23-17)12-5-7-14(8-6-12)20-18(24)21-15-4-2-3-13(19)11-15/h2-11H,1H3,(H2,20,21,24). The van der Waals surface area contributed by atoms with Crippen LogP contribution >= 0.6 is 0 Å². The van der Waals surface area contributed by atoms with E-state index in [2.05, 4.69) is 20.8 Å². The van der Waals surface area contributed by atoms with E-state index in [4.69, 9.17) is 4.74 Å². The van der Waals surface area contributed by atoms with Crippen molar-refractivity contribution in [1.82, 2.24) is 10.2 Å². The maximum Gasteiger partial charge on any atom is 0.323 e. The Hall–Kier alpha value is -3.48. The second kappa shape index (κ2) is 7.39. The average Bonchev–Trinajstić information content (AvgIpc) is 2.62. The van der Waals surface area contributed by atoms with Gasteiger partial charge in [0.15, 0.2) is 0 Å². The van der Waals surface area contributed by atoms with Gasteiger partial charge in [0.05, 0.1) is 12.8 Å². The van der Waals surface area contributed by atoms with Crippen LogP contribution in [0.1, 0.15) is 0 Å². The fraction of sp³-hybridized carbons (Fsp3) is 0.0556. The molecule has 6 nitrogen and oxygen atoms in total. The molecular formula is C18H15FN4O2. The summed E-state index contributed by atoms with van der Waals surface area (Å²) in [5, 5.41) is 13.2. The summed E-state index contributed by atoms with van der Waals surface area (Å²) in [7, 11) is 1.53. The highest BCUT2D eigenvalue weighted by Gasteiger charge is 2.05. The van der Waals surface area contributed by atoms with E-state index >= 15 is 0 Å². The van der Waals surface area contributed by atoms with Crippen LogP contribution in [0.2, 0.25) is 0 Å². The lowest BCUT2D eigenvalue weighted by molar-refractivity contribution is 0.262. The molecule has 126 valence electrons. The zero-order valence-electron chi connectivity index (χ0n) is 13.4. The van der Waals surface area contributed by atoms with Crippen molar-refractivity contribution in [2.24, 2.45) is 0 Å². The molecule has 25 heavy (non-hydrogen) atoms. The summed E-state index contributed by atoms with van der Waals surface area (Å²) in [4.78, 5) is 11.9. The third-order valence-corrected chi connectivity index (χ3v) is 3.37. The Balaban J connectivity index is 1.64. The van der Waals surface area contributed by atoms with Crippen molar-refractivity contribution in [3.05, 3.63) is 66.5 Å². The van der Waals surface area contributed by atoms with Crippen LogP contribution in [-0.2, 0) is 0 Å². The number of nitrogens with zero attached hydrogens (tertiary/aromatic N) is 2. The first-order valence-electron chi connectivity index (χ1n) is 7.46. The third kappa shape index (κ3) is 4.29. The van der Waals surface area contributed by atoms with Gasteiger partial charge >= 0.3 is 6.03 Å². The van der Waals surface area contributed by atoms with E-state index < -0.39 is 11.8 Å². The monoisotopic (exact) mass is 338 g/mol. The van der Waals surface area contributed by atoms with Crippen molar-refractivity contribution in [3.63, 3.8) is 0 Å².